The third-order valence-corrected chi connectivity index (χ3v) is 5.45. The van der Waals surface area contributed by atoms with Gasteiger partial charge in [-0.3, -0.25) is 0 Å². The molecule has 0 unspecified atom stereocenters. The zero-order chi connectivity index (χ0) is 11.0. The van der Waals surface area contributed by atoms with Crippen molar-refractivity contribution in [2.45, 2.75) is 17.6 Å². The Morgan fingerprint density at radius 3 is 3.00 bits per heavy atom. The Kier molecular flexibility index (Phi) is 2.56. The highest BCUT2D eigenvalue weighted by atomic mass is 32.2. The van der Waals surface area contributed by atoms with Crippen LogP contribution in [0.3, 0.4) is 0 Å². The summed E-state index contributed by atoms with van der Waals surface area (Å²) in [6.45, 7) is 1.07. The van der Waals surface area contributed by atoms with Crippen molar-refractivity contribution in [2.24, 2.45) is 0 Å². The van der Waals surface area contributed by atoms with E-state index >= 15 is 0 Å². The normalized spacial score (nSPS) is 17.6. The van der Waals surface area contributed by atoms with Gasteiger partial charge in [-0.15, -0.1) is 0 Å². The van der Waals surface area contributed by atoms with E-state index in [1.807, 2.05) is 17.8 Å². The number of benzene rings is 1. The van der Waals surface area contributed by atoms with Crippen LogP contribution in [0.1, 0.15) is 12.8 Å². The van der Waals surface area contributed by atoms with Crippen LogP contribution in [0.5, 0.6) is 0 Å². The molecule has 0 saturated heterocycles. The molecule has 2 aromatic rings. The Morgan fingerprint density at radius 1 is 1.44 bits per heavy atom. The van der Waals surface area contributed by atoms with Crippen LogP contribution in [-0.4, -0.2) is 21.9 Å². The summed E-state index contributed by atoms with van der Waals surface area (Å²) in [4.78, 5) is 0. The van der Waals surface area contributed by atoms with E-state index in [1.54, 1.807) is 11.5 Å². The van der Waals surface area contributed by atoms with Gasteiger partial charge >= 0.3 is 0 Å². The molecule has 16 heavy (non-hydrogen) atoms. The Labute approximate surface area is 104 Å². The molecule has 1 saturated carbocycles. The fraction of sp³-hybridized carbons (Fsp3) is 0.417. The van der Waals surface area contributed by atoms with Crippen LogP contribution in [0.2, 0.25) is 0 Å². The molecule has 84 valence electrons. The fourth-order valence-corrected chi connectivity index (χ4v) is 3.33. The van der Waals surface area contributed by atoms with Gasteiger partial charge < -0.3 is 5.32 Å². The average Bonchev–Trinajstić information content (AvgIpc) is 3.01. The molecule has 1 N–H and O–H groups in total. The molecule has 1 aromatic carbocycles. The van der Waals surface area contributed by atoms with E-state index in [-0.39, 0.29) is 0 Å². The van der Waals surface area contributed by atoms with Crippen molar-refractivity contribution in [3.8, 4) is 0 Å². The topological polar surface area (TPSA) is 24.9 Å². The maximum absolute atomic E-state index is 4.44. The minimum absolute atomic E-state index is 0.505. The quantitative estimate of drug-likeness (QED) is 0.897. The lowest BCUT2D eigenvalue weighted by Crippen LogP contribution is -2.16. The number of hydrogen-bond donors (Lipinski definition) is 1. The Bertz CT molecular complexity index is 502. The van der Waals surface area contributed by atoms with E-state index in [0.717, 1.165) is 12.1 Å². The molecular formula is C12H14N2S2. The summed E-state index contributed by atoms with van der Waals surface area (Å²) >= 11 is 3.56. The number of rotatable bonds is 4. The van der Waals surface area contributed by atoms with Gasteiger partial charge in [-0.05, 0) is 42.8 Å². The second-order valence-corrected chi connectivity index (χ2v) is 6.32. The molecule has 2 nitrogen and oxygen atoms in total. The van der Waals surface area contributed by atoms with Crippen molar-refractivity contribution in [1.29, 1.82) is 0 Å². The molecule has 0 amide bonds. The van der Waals surface area contributed by atoms with Crippen molar-refractivity contribution < 1.29 is 0 Å². The van der Waals surface area contributed by atoms with Crippen LogP contribution in [0, 0.1) is 0 Å². The lowest BCUT2D eigenvalue weighted by molar-refractivity contribution is 0.954. The largest absolute Gasteiger partial charge is 0.374 e. The van der Waals surface area contributed by atoms with Crippen molar-refractivity contribution in [2.75, 3.05) is 18.1 Å². The Morgan fingerprint density at radius 2 is 2.25 bits per heavy atom. The second kappa shape index (κ2) is 3.93. The Balaban J connectivity index is 1.79. The van der Waals surface area contributed by atoms with Crippen molar-refractivity contribution in [1.82, 2.24) is 4.37 Å². The second-order valence-electron chi connectivity index (χ2n) is 4.27. The first kappa shape index (κ1) is 10.4. The fourth-order valence-electron chi connectivity index (χ4n) is 1.85. The van der Waals surface area contributed by atoms with Crippen molar-refractivity contribution in [3.05, 3.63) is 24.3 Å². The van der Waals surface area contributed by atoms with Gasteiger partial charge in [0.05, 0.1) is 5.52 Å². The highest BCUT2D eigenvalue weighted by molar-refractivity contribution is 8.00. The van der Waals surface area contributed by atoms with E-state index in [9.17, 15) is 0 Å². The van der Waals surface area contributed by atoms with Gasteiger partial charge in [-0.1, -0.05) is 12.1 Å². The molecule has 0 aliphatic heterocycles. The van der Waals surface area contributed by atoms with Gasteiger partial charge in [0.15, 0.2) is 0 Å². The summed E-state index contributed by atoms with van der Waals surface area (Å²) in [7, 11) is 0. The third kappa shape index (κ3) is 1.80. The molecule has 1 aromatic heterocycles. The van der Waals surface area contributed by atoms with Crippen LogP contribution in [0.25, 0.3) is 10.9 Å². The molecule has 0 bridgehead atoms. The molecule has 1 aliphatic rings. The van der Waals surface area contributed by atoms with Gasteiger partial charge in [-0.25, -0.2) is 0 Å². The zero-order valence-corrected chi connectivity index (χ0v) is 10.8. The van der Waals surface area contributed by atoms with E-state index in [1.165, 1.54) is 23.2 Å². The standard InChI is InChI=1S/C12H14N2S2/c1-15-12(6-7-12)8-13-11-9-4-2-3-5-10(9)14-16-11/h2-5,13H,6-8H2,1H3. The minimum Gasteiger partial charge on any atom is -0.374 e. The van der Waals surface area contributed by atoms with Crippen LogP contribution < -0.4 is 5.32 Å². The molecule has 3 rings (SSSR count). The molecule has 0 atom stereocenters. The highest BCUT2D eigenvalue weighted by Gasteiger charge is 2.41. The van der Waals surface area contributed by atoms with Crippen LogP contribution in [0.15, 0.2) is 24.3 Å². The molecule has 1 aliphatic carbocycles. The van der Waals surface area contributed by atoms with Crippen molar-refractivity contribution >= 4 is 39.2 Å². The summed E-state index contributed by atoms with van der Waals surface area (Å²) < 4.78 is 4.94. The van der Waals surface area contributed by atoms with Gasteiger partial charge in [0.25, 0.3) is 0 Å². The zero-order valence-electron chi connectivity index (χ0n) is 9.19. The third-order valence-electron chi connectivity index (χ3n) is 3.20. The maximum Gasteiger partial charge on any atom is 0.117 e. The molecular weight excluding hydrogens is 236 g/mol. The summed E-state index contributed by atoms with van der Waals surface area (Å²) in [5, 5.41) is 6.03. The monoisotopic (exact) mass is 250 g/mol. The van der Waals surface area contributed by atoms with Gasteiger partial charge in [-0.2, -0.15) is 16.1 Å². The summed E-state index contributed by atoms with van der Waals surface area (Å²) in [5.74, 6) is 0. The molecule has 0 radical (unpaired) electrons. The smallest absolute Gasteiger partial charge is 0.117 e. The summed E-state index contributed by atoms with van der Waals surface area (Å²) in [5.41, 5.74) is 1.10. The molecule has 1 heterocycles. The van der Waals surface area contributed by atoms with Gasteiger partial charge in [0.2, 0.25) is 0 Å². The first-order valence-electron chi connectivity index (χ1n) is 5.46. The predicted octanol–water partition coefficient (Wildman–Crippen LogP) is 3.60. The number of anilines is 1. The van der Waals surface area contributed by atoms with Gasteiger partial charge in [0, 0.05) is 16.7 Å². The van der Waals surface area contributed by atoms with E-state index < -0.39 is 0 Å². The van der Waals surface area contributed by atoms with E-state index in [2.05, 4.69) is 34.1 Å². The SMILES string of the molecule is CSC1(CNc2snc3ccccc23)CC1. The highest BCUT2D eigenvalue weighted by Crippen LogP contribution is 2.47. The van der Waals surface area contributed by atoms with E-state index in [0.29, 0.717) is 4.75 Å². The molecule has 4 heteroatoms. The number of nitrogens with zero attached hydrogens (tertiary/aromatic N) is 1. The lowest BCUT2D eigenvalue weighted by atomic mass is 10.2. The van der Waals surface area contributed by atoms with E-state index in [4.69, 9.17) is 0 Å². The Hall–Kier alpha value is -0.740. The minimum atomic E-state index is 0.505. The number of hydrogen-bond acceptors (Lipinski definition) is 4. The summed E-state index contributed by atoms with van der Waals surface area (Å²) in [6.07, 6.45) is 4.90. The molecule has 1 fully saturated rings. The molecule has 0 spiro atoms. The number of fused-ring (bicyclic) bond motifs is 1. The number of nitrogens with one attached hydrogen (secondary N) is 1. The van der Waals surface area contributed by atoms with Crippen LogP contribution in [-0.2, 0) is 0 Å². The number of aromatic nitrogens is 1. The van der Waals surface area contributed by atoms with Crippen LogP contribution in [0.4, 0.5) is 5.00 Å². The first-order chi connectivity index (χ1) is 7.83. The predicted molar refractivity (Wildman–Crippen MR) is 73.6 cm³/mol. The van der Waals surface area contributed by atoms with Crippen molar-refractivity contribution in [3.63, 3.8) is 0 Å². The summed E-state index contributed by atoms with van der Waals surface area (Å²) in [6, 6.07) is 8.32. The first-order valence-corrected chi connectivity index (χ1v) is 7.46. The lowest BCUT2D eigenvalue weighted by Gasteiger charge is -2.12. The number of thioether (sulfide) groups is 1. The van der Waals surface area contributed by atoms with Gasteiger partial charge in [0.1, 0.15) is 5.00 Å². The average molecular weight is 250 g/mol. The maximum atomic E-state index is 4.44. The van der Waals surface area contributed by atoms with Crippen LogP contribution >= 0.6 is 23.3 Å².